The predicted octanol–water partition coefficient (Wildman–Crippen LogP) is -4.25. The van der Waals surface area contributed by atoms with Gasteiger partial charge >= 0.3 is 23.1 Å². The number of benzene rings is 1. The minimum atomic E-state index is -0.139. The number of hydrogen-bond acceptors (Lipinski definition) is 2. The zero-order chi connectivity index (χ0) is 8.23. The SMILES string of the molecule is [Br-].[Br-].[Mg+2].c1ccc(C2OCCCO2)cc1. The average molecular weight is 348 g/mol. The van der Waals surface area contributed by atoms with Crippen LogP contribution in [0.1, 0.15) is 18.3 Å². The standard InChI is InChI=1S/C10H12O2.2BrH.Mg/c1-2-5-9(6-3-1)10-11-7-4-8-12-10;;;/h1-3,5-6,10H,4,7-8H2;2*1H;/q;;;+2/p-2. The van der Waals surface area contributed by atoms with Gasteiger partial charge in [0.05, 0.1) is 13.2 Å². The molecule has 0 aliphatic carbocycles. The molecule has 5 heteroatoms. The Kier molecular flexibility index (Phi) is 12.2. The Bertz CT molecular complexity index is 240. The first-order valence-corrected chi connectivity index (χ1v) is 4.25. The van der Waals surface area contributed by atoms with Crippen LogP contribution in [0.5, 0.6) is 0 Å². The Morgan fingerprint density at radius 2 is 1.47 bits per heavy atom. The third kappa shape index (κ3) is 5.65. The Balaban J connectivity index is 0. The molecule has 0 amide bonds. The van der Waals surface area contributed by atoms with Crippen LogP contribution in [0.3, 0.4) is 0 Å². The molecule has 2 rings (SSSR count). The van der Waals surface area contributed by atoms with Gasteiger partial charge in [-0.25, -0.2) is 0 Å². The summed E-state index contributed by atoms with van der Waals surface area (Å²) in [6.07, 6.45) is 0.864. The fourth-order valence-electron chi connectivity index (χ4n) is 1.29. The van der Waals surface area contributed by atoms with E-state index in [-0.39, 0.29) is 63.3 Å². The molecule has 0 unspecified atom stereocenters. The molecule has 1 fully saturated rings. The van der Waals surface area contributed by atoms with Gasteiger partial charge in [0, 0.05) is 5.56 Å². The summed E-state index contributed by atoms with van der Waals surface area (Å²) in [5.74, 6) is 0. The van der Waals surface area contributed by atoms with Crippen LogP contribution < -0.4 is 34.0 Å². The molecule has 2 nitrogen and oxygen atoms in total. The van der Waals surface area contributed by atoms with Crippen molar-refractivity contribution in [3.05, 3.63) is 35.9 Å². The van der Waals surface area contributed by atoms with E-state index >= 15 is 0 Å². The third-order valence-electron chi connectivity index (χ3n) is 1.90. The van der Waals surface area contributed by atoms with E-state index in [1.54, 1.807) is 0 Å². The molecule has 1 aliphatic rings. The number of ether oxygens (including phenoxy) is 2. The summed E-state index contributed by atoms with van der Waals surface area (Å²) in [4.78, 5) is 0. The van der Waals surface area contributed by atoms with E-state index in [9.17, 15) is 0 Å². The average Bonchev–Trinajstić information content (AvgIpc) is 2.21. The molecule has 0 N–H and O–H groups in total. The summed E-state index contributed by atoms with van der Waals surface area (Å²) in [6, 6.07) is 10.0. The van der Waals surface area contributed by atoms with E-state index in [1.165, 1.54) is 0 Å². The van der Waals surface area contributed by atoms with Crippen LogP contribution in [0.15, 0.2) is 30.3 Å². The summed E-state index contributed by atoms with van der Waals surface area (Å²) in [5.41, 5.74) is 1.11. The molecular weight excluding hydrogens is 336 g/mol. The summed E-state index contributed by atoms with van der Waals surface area (Å²) in [7, 11) is 0. The maximum absolute atomic E-state index is 5.44. The van der Waals surface area contributed by atoms with E-state index < -0.39 is 0 Å². The van der Waals surface area contributed by atoms with E-state index in [4.69, 9.17) is 9.47 Å². The largest absolute Gasteiger partial charge is 2.00 e. The number of halogens is 2. The molecule has 0 radical (unpaired) electrons. The van der Waals surface area contributed by atoms with Crippen LogP contribution in [0.2, 0.25) is 0 Å². The molecule has 0 aromatic heterocycles. The van der Waals surface area contributed by atoms with Crippen molar-refractivity contribution in [3.63, 3.8) is 0 Å². The van der Waals surface area contributed by atoms with Crippen molar-refractivity contribution in [1.29, 1.82) is 0 Å². The fraction of sp³-hybridized carbons (Fsp3) is 0.400. The second kappa shape index (κ2) is 10.0. The van der Waals surface area contributed by atoms with Crippen LogP contribution in [0.25, 0.3) is 0 Å². The predicted molar refractivity (Wildman–Crippen MR) is 51.5 cm³/mol. The van der Waals surface area contributed by atoms with Gasteiger partial charge in [-0.2, -0.15) is 0 Å². The molecule has 80 valence electrons. The summed E-state index contributed by atoms with van der Waals surface area (Å²) < 4.78 is 10.9. The van der Waals surface area contributed by atoms with Gasteiger partial charge in [0.15, 0.2) is 6.29 Å². The molecule has 1 aromatic carbocycles. The summed E-state index contributed by atoms with van der Waals surface area (Å²) in [5, 5.41) is 0. The molecule has 1 aromatic rings. The monoisotopic (exact) mass is 346 g/mol. The van der Waals surface area contributed by atoms with Gasteiger partial charge in [0.1, 0.15) is 0 Å². The quantitative estimate of drug-likeness (QED) is 0.479. The normalized spacial score (nSPS) is 15.5. The van der Waals surface area contributed by atoms with Gasteiger partial charge in [-0.3, -0.25) is 0 Å². The van der Waals surface area contributed by atoms with Gasteiger partial charge in [-0.1, -0.05) is 30.3 Å². The van der Waals surface area contributed by atoms with Crippen molar-refractivity contribution in [1.82, 2.24) is 0 Å². The van der Waals surface area contributed by atoms with E-state index in [0.717, 1.165) is 25.2 Å². The van der Waals surface area contributed by atoms with Crippen molar-refractivity contribution in [2.24, 2.45) is 0 Å². The molecule has 0 atom stereocenters. The van der Waals surface area contributed by atoms with Crippen molar-refractivity contribution < 1.29 is 43.4 Å². The van der Waals surface area contributed by atoms with Gasteiger partial charge in [0.25, 0.3) is 0 Å². The van der Waals surface area contributed by atoms with Crippen molar-refractivity contribution in [2.45, 2.75) is 12.7 Å². The maximum Gasteiger partial charge on any atom is 2.00 e. The molecule has 0 saturated carbocycles. The Hall–Kier alpha value is 0.866. The Morgan fingerprint density at radius 1 is 0.933 bits per heavy atom. The molecular formula is C10H12Br2MgO2. The first-order valence-electron chi connectivity index (χ1n) is 4.25. The smallest absolute Gasteiger partial charge is 1.00 e. The summed E-state index contributed by atoms with van der Waals surface area (Å²) >= 11 is 0. The second-order valence-corrected chi connectivity index (χ2v) is 2.84. The van der Waals surface area contributed by atoms with Crippen LogP contribution in [-0.4, -0.2) is 36.3 Å². The van der Waals surface area contributed by atoms with Gasteiger partial charge < -0.3 is 43.4 Å². The second-order valence-electron chi connectivity index (χ2n) is 2.84. The first kappa shape index (κ1) is 18.2. The van der Waals surface area contributed by atoms with Crippen molar-refractivity contribution >= 4 is 23.1 Å². The number of hydrogen-bond donors (Lipinski definition) is 0. The van der Waals surface area contributed by atoms with Crippen LogP contribution in [0, 0.1) is 0 Å². The van der Waals surface area contributed by atoms with Crippen LogP contribution >= 0.6 is 0 Å². The Morgan fingerprint density at radius 3 is 2.00 bits per heavy atom. The van der Waals surface area contributed by atoms with Gasteiger partial charge in [0.2, 0.25) is 0 Å². The molecule has 15 heavy (non-hydrogen) atoms. The van der Waals surface area contributed by atoms with Gasteiger partial charge in [-0.15, -0.1) is 0 Å². The number of rotatable bonds is 1. The van der Waals surface area contributed by atoms with E-state index in [2.05, 4.69) is 0 Å². The summed E-state index contributed by atoms with van der Waals surface area (Å²) in [6.45, 7) is 1.61. The third-order valence-corrected chi connectivity index (χ3v) is 1.90. The van der Waals surface area contributed by atoms with Gasteiger partial charge in [-0.05, 0) is 6.42 Å². The maximum atomic E-state index is 5.44. The minimum Gasteiger partial charge on any atom is -1.00 e. The van der Waals surface area contributed by atoms with E-state index in [1.807, 2.05) is 30.3 Å². The molecule has 1 aliphatic heterocycles. The van der Waals surface area contributed by atoms with Crippen LogP contribution in [-0.2, 0) is 9.47 Å². The van der Waals surface area contributed by atoms with Crippen molar-refractivity contribution in [3.8, 4) is 0 Å². The topological polar surface area (TPSA) is 18.5 Å². The van der Waals surface area contributed by atoms with Crippen LogP contribution in [0.4, 0.5) is 0 Å². The zero-order valence-electron chi connectivity index (χ0n) is 8.36. The molecule has 1 saturated heterocycles. The Labute approximate surface area is 127 Å². The molecule has 0 bridgehead atoms. The molecule has 0 spiro atoms. The first-order chi connectivity index (χ1) is 5.97. The minimum absolute atomic E-state index is 0. The zero-order valence-corrected chi connectivity index (χ0v) is 13.0. The molecule has 1 heterocycles. The fourth-order valence-corrected chi connectivity index (χ4v) is 1.29. The van der Waals surface area contributed by atoms with E-state index in [0.29, 0.717) is 0 Å². The van der Waals surface area contributed by atoms with Crippen molar-refractivity contribution in [2.75, 3.05) is 13.2 Å².